The summed E-state index contributed by atoms with van der Waals surface area (Å²) in [5.41, 5.74) is 4.07. The molecule has 0 fully saturated rings. The van der Waals surface area contributed by atoms with Crippen molar-refractivity contribution in [1.29, 1.82) is 0 Å². The first-order valence-electron chi connectivity index (χ1n) is 7.29. The molecule has 0 aromatic heterocycles. The highest BCUT2D eigenvalue weighted by molar-refractivity contribution is 5.94. The lowest BCUT2D eigenvalue weighted by Gasteiger charge is -2.12. The first-order valence-corrected chi connectivity index (χ1v) is 7.29. The van der Waals surface area contributed by atoms with Gasteiger partial charge in [0.25, 0.3) is 5.91 Å². The van der Waals surface area contributed by atoms with Crippen LogP contribution in [0.5, 0.6) is 5.75 Å². The minimum atomic E-state index is -0.216. The number of nitrogens with one attached hydrogen (secondary N) is 1. The van der Waals surface area contributed by atoms with Crippen LogP contribution in [0.25, 0.3) is 0 Å². The Kier molecular flexibility index (Phi) is 5.55. The lowest BCUT2D eigenvalue weighted by molar-refractivity contribution is 0.0944. The summed E-state index contributed by atoms with van der Waals surface area (Å²) in [6, 6.07) is 13.2. The van der Waals surface area contributed by atoms with Gasteiger partial charge in [-0.1, -0.05) is 24.3 Å². The Bertz CT molecular complexity index is 632. The normalized spacial score (nSPS) is 10.3. The lowest BCUT2D eigenvalue weighted by atomic mass is 10.0. The van der Waals surface area contributed by atoms with E-state index in [0.717, 1.165) is 5.56 Å². The molecule has 0 aliphatic rings. The lowest BCUT2D eigenvalue weighted by Crippen LogP contribution is -2.26. The van der Waals surface area contributed by atoms with Crippen LogP contribution in [0.3, 0.4) is 0 Å². The third-order valence-corrected chi connectivity index (χ3v) is 3.52. The van der Waals surface area contributed by atoms with Crippen molar-refractivity contribution in [2.75, 3.05) is 13.2 Å². The van der Waals surface area contributed by atoms with Crippen LogP contribution in [-0.4, -0.2) is 24.2 Å². The monoisotopic (exact) mass is 299 g/mol. The number of hydrogen-bond donors (Lipinski definition) is 2. The Labute approximate surface area is 130 Å². The average Bonchev–Trinajstić information content (AvgIpc) is 2.52. The van der Waals surface area contributed by atoms with Crippen LogP contribution < -0.4 is 10.1 Å². The fourth-order valence-electron chi connectivity index (χ4n) is 2.23. The van der Waals surface area contributed by atoms with Gasteiger partial charge in [-0.25, -0.2) is 0 Å². The summed E-state index contributed by atoms with van der Waals surface area (Å²) in [5, 5.41) is 11.4. The van der Waals surface area contributed by atoms with Crippen LogP contribution in [0.1, 0.15) is 27.0 Å². The van der Waals surface area contributed by atoms with Crippen molar-refractivity contribution < 1.29 is 14.6 Å². The summed E-state index contributed by atoms with van der Waals surface area (Å²) in [5.74, 6) is 0.436. The predicted octanol–water partition coefficient (Wildman–Crippen LogP) is 2.60. The van der Waals surface area contributed by atoms with E-state index < -0.39 is 0 Å². The molecule has 2 aromatic carbocycles. The minimum absolute atomic E-state index is 0.0749. The molecule has 116 valence electrons. The fourth-order valence-corrected chi connectivity index (χ4v) is 2.23. The molecule has 0 unspecified atom stereocenters. The van der Waals surface area contributed by atoms with E-state index in [9.17, 15) is 4.79 Å². The van der Waals surface area contributed by atoms with E-state index in [-0.39, 0.29) is 19.1 Å². The number of hydrogen-bond acceptors (Lipinski definition) is 3. The van der Waals surface area contributed by atoms with Crippen LogP contribution in [0.15, 0.2) is 42.5 Å². The summed E-state index contributed by atoms with van der Waals surface area (Å²) in [6.45, 7) is 4.76. The Morgan fingerprint density at radius 3 is 2.50 bits per heavy atom. The molecule has 0 saturated carbocycles. The molecule has 0 spiro atoms. The third kappa shape index (κ3) is 4.09. The van der Waals surface area contributed by atoms with E-state index in [0.29, 0.717) is 17.9 Å². The quantitative estimate of drug-likeness (QED) is 0.862. The summed E-state index contributed by atoms with van der Waals surface area (Å²) in [6.07, 6.45) is 0. The second-order valence-corrected chi connectivity index (χ2v) is 5.17. The molecule has 0 aliphatic carbocycles. The molecule has 0 atom stereocenters. The topological polar surface area (TPSA) is 58.6 Å². The number of carbonyl (C=O) groups excluding carboxylic acids is 1. The summed E-state index contributed by atoms with van der Waals surface area (Å²) < 4.78 is 5.82. The molecule has 4 nitrogen and oxygen atoms in total. The highest BCUT2D eigenvalue weighted by atomic mass is 16.5. The molecule has 0 saturated heterocycles. The molecular formula is C18H21NO3. The molecule has 1 amide bonds. The van der Waals surface area contributed by atoms with Crippen molar-refractivity contribution >= 4 is 5.91 Å². The largest absolute Gasteiger partial charge is 0.489 e. The van der Waals surface area contributed by atoms with Gasteiger partial charge in [0, 0.05) is 12.1 Å². The fraction of sp³-hybridized carbons (Fsp3) is 0.278. The van der Waals surface area contributed by atoms with Crippen molar-refractivity contribution in [3.63, 3.8) is 0 Å². The molecule has 4 heteroatoms. The highest BCUT2D eigenvalue weighted by Crippen LogP contribution is 2.18. The van der Waals surface area contributed by atoms with Gasteiger partial charge < -0.3 is 15.2 Å². The number of benzene rings is 2. The van der Waals surface area contributed by atoms with Gasteiger partial charge >= 0.3 is 0 Å². The van der Waals surface area contributed by atoms with Gasteiger partial charge in [-0.05, 0) is 48.7 Å². The molecule has 0 aliphatic heterocycles. The van der Waals surface area contributed by atoms with Gasteiger partial charge in [0.2, 0.25) is 0 Å². The number of aliphatic hydroxyl groups is 1. The molecule has 0 heterocycles. The first kappa shape index (κ1) is 16.0. The van der Waals surface area contributed by atoms with E-state index in [4.69, 9.17) is 9.84 Å². The summed E-state index contributed by atoms with van der Waals surface area (Å²) in [7, 11) is 0. The summed E-state index contributed by atoms with van der Waals surface area (Å²) >= 11 is 0. The summed E-state index contributed by atoms with van der Waals surface area (Å²) in [4.78, 5) is 11.9. The van der Waals surface area contributed by atoms with Crippen LogP contribution >= 0.6 is 0 Å². The van der Waals surface area contributed by atoms with Gasteiger partial charge in [0.15, 0.2) is 0 Å². The van der Waals surface area contributed by atoms with Crippen LogP contribution in [0.2, 0.25) is 0 Å². The first-order chi connectivity index (χ1) is 10.6. The Morgan fingerprint density at radius 2 is 1.82 bits per heavy atom. The molecule has 2 aromatic rings. The van der Waals surface area contributed by atoms with Crippen molar-refractivity contribution in [2.45, 2.75) is 20.5 Å². The number of aryl methyl sites for hydroxylation is 2. The zero-order valence-electron chi connectivity index (χ0n) is 12.9. The maximum absolute atomic E-state index is 11.9. The number of rotatable bonds is 6. The highest BCUT2D eigenvalue weighted by Gasteiger charge is 2.07. The third-order valence-electron chi connectivity index (χ3n) is 3.52. The van der Waals surface area contributed by atoms with Crippen molar-refractivity contribution in [3.8, 4) is 5.75 Å². The molecule has 0 radical (unpaired) electrons. The maximum atomic E-state index is 11.9. The van der Waals surface area contributed by atoms with Crippen LogP contribution in [0.4, 0.5) is 0 Å². The second kappa shape index (κ2) is 7.61. The number of aliphatic hydroxyl groups excluding tert-OH is 1. The van der Waals surface area contributed by atoms with Crippen molar-refractivity contribution in [3.05, 3.63) is 64.7 Å². The van der Waals surface area contributed by atoms with E-state index in [1.54, 1.807) is 18.2 Å². The van der Waals surface area contributed by atoms with E-state index in [1.165, 1.54) is 11.1 Å². The molecule has 2 rings (SSSR count). The Hall–Kier alpha value is -2.33. The van der Waals surface area contributed by atoms with Crippen LogP contribution in [-0.2, 0) is 6.61 Å². The van der Waals surface area contributed by atoms with E-state index in [1.807, 2.05) is 12.1 Å². The molecule has 0 bridgehead atoms. The zero-order chi connectivity index (χ0) is 15.9. The number of carbonyl (C=O) groups is 1. The number of amides is 1. The molecular weight excluding hydrogens is 278 g/mol. The van der Waals surface area contributed by atoms with E-state index in [2.05, 4.69) is 31.3 Å². The van der Waals surface area contributed by atoms with Gasteiger partial charge in [0.1, 0.15) is 12.4 Å². The smallest absolute Gasteiger partial charge is 0.251 e. The average molecular weight is 299 g/mol. The molecule has 22 heavy (non-hydrogen) atoms. The van der Waals surface area contributed by atoms with Gasteiger partial charge in [-0.3, -0.25) is 4.79 Å². The second-order valence-electron chi connectivity index (χ2n) is 5.17. The van der Waals surface area contributed by atoms with Crippen molar-refractivity contribution in [2.24, 2.45) is 0 Å². The van der Waals surface area contributed by atoms with Crippen LogP contribution in [0, 0.1) is 13.8 Å². The molecule has 2 N–H and O–H groups in total. The standard InChI is InChI=1S/C18H21NO3/c1-13-5-3-6-14(2)17(13)12-22-16-8-4-7-15(11-16)18(21)19-9-10-20/h3-8,11,20H,9-10,12H2,1-2H3,(H,19,21). The van der Waals surface area contributed by atoms with Gasteiger partial charge in [-0.15, -0.1) is 0 Å². The SMILES string of the molecule is Cc1cccc(C)c1COc1cccc(C(=O)NCCO)c1. The maximum Gasteiger partial charge on any atom is 0.251 e. The van der Waals surface area contributed by atoms with Gasteiger partial charge in [0.05, 0.1) is 6.61 Å². The number of ether oxygens (including phenoxy) is 1. The van der Waals surface area contributed by atoms with E-state index >= 15 is 0 Å². The Balaban J connectivity index is 2.06. The zero-order valence-corrected chi connectivity index (χ0v) is 12.9. The Morgan fingerprint density at radius 1 is 1.14 bits per heavy atom. The van der Waals surface area contributed by atoms with Gasteiger partial charge in [-0.2, -0.15) is 0 Å². The van der Waals surface area contributed by atoms with Crippen molar-refractivity contribution in [1.82, 2.24) is 5.32 Å². The predicted molar refractivity (Wildman–Crippen MR) is 86.1 cm³/mol. The minimum Gasteiger partial charge on any atom is -0.489 e.